The van der Waals surface area contributed by atoms with Gasteiger partial charge in [-0.15, -0.1) is 0 Å². The van der Waals surface area contributed by atoms with Gasteiger partial charge in [0.25, 0.3) is 0 Å². The molecule has 0 aromatic carbocycles. The van der Waals surface area contributed by atoms with E-state index in [4.69, 9.17) is 33.6 Å². The van der Waals surface area contributed by atoms with E-state index in [0.717, 1.165) is 0 Å². The van der Waals surface area contributed by atoms with Gasteiger partial charge in [-0.05, 0) is 0 Å². The molecule has 0 aliphatic heterocycles. The third-order valence-electron chi connectivity index (χ3n) is 0.104. The van der Waals surface area contributed by atoms with E-state index < -0.39 is 18.1 Å². The van der Waals surface area contributed by atoms with Crippen molar-refractivity contribution >= 4 is 47.7 Å². The summed E-state index contributed by atoms with van der Waals surface area (Å²) < 4.78 is 12.6. The Bertz CT molecular complexity index is 88.2. The first-order valence-electron chi connectivity index (χ1n) is 1.92. The number of hydrogen-bond donors (Lipinski definition) is 7. The summed E-state index contributed by atoms with van der Waals surface area (Å²) in [6, 6.07) is 0. The molecule has 7 N–H and O–H groups in total. The fourth-order valence-corrected chi connectivity index (χ4v) is 0. The van der Waals surface area contributed by atoms with Gasteiger partial charge in [-0.25, -0.2) is 0 Å². The van der Waals surface area contributed by atoms with Crippen molar-refractivity contribution in [3.8, 4) is 0 Å². The molecule has 12 heteroatoms. The maximum atomic E-state index is 10.3. The van der Waals surface area contributed by atoms with Crippen LogP contribution in [0, 0.1) is 0 Å². The van der Waals surface area contributed by atoms with Crippen molar-refractivity contribution in [2.24, 2.45) is 0 Å². The molecule has 0 radical (unpaired) electrons. The predicted molar refractivity (Wildman–Crippen MR) is 36.4 cm³/mol. The molecule has 0 saturated carbocycles. The van der Waals surface area contributed by atoms with Crippen molar-refractivity contribution in [1.82, 2.24) is 0 Å². The second-order valence-electron chi connectivity index (χ2n) is 1.25. The second kappa shape index (κ2) is 7.45. The molecule has 12 heavy (non-hydrogen) atoms. The Morgan fingerprint density at radius 1 is 0.833 bits per heavy atom. The van der Waals surface area contributed by atoms with Crippen molar-refractivity contribution in [2.45, 2.75) is 0 Å². The standard InChI is InChI=1S/FH3O4Si.Na.H4O4Si.H/c1-5-6(2,3)4;;1-5(2,3)4;/h2-4H;;1-4H;. The molecule has 0 saturated heterocycles. The van der Waals surface area contributed by atoms with Gasteiger partial charge < -0.3 is 33.6 Å². The van der Waals surface area contributed by atoms with Crippen LogP contribution in [-0.4, -0.2) is 81.2 Å². The number of rotatable bonds is 1. The predicted octanol–water partition coefficient (Wildman–Crippen LogP) is -4.96. The van der Waals surface area contributed by atoms with E-state index in [9.17, 15) is 4.53 Å². The molecule has 0 aromatic rings. The molecule has 0 aromatic heterocycles. The van der Waals surface area contributed by atoms with Crippen molar-refractivity contribution in [2.75, 3.05) is 0 Å². The number of halogens is 1. The quantitative estimate of drug-likeness (QED) is 0.223. The molecule has 0 atom stereocenters. The van der Waals surface area contributed by atoms with Crippen LogP contribution in [0.15, 0.2) is 0 Å². The van der Waals surface area contributed by atoms with Gasteiger partial charge in [0.1, 0.15) is 0 Å². The first kappa shape index (κ1) is 18.8. The summed E-state index contributed by atoms with van der Waals surface area (Å²) in [5.41, 5.74) is 0. The number of hydrogen-bond acceptors (Lipinski definition) is 8. The van der Waals surface area contributed by atoms with E-state index in [1.54, 1.807) is 0 Å². The minimum atomic E-state index is -4.80. The van der Waals surface area contributed by atoms with E-state index >= 15 is 0 Å². The van der Waals surface area contributed by atoms with Gasteiger partial charge in [-0.1, -0.05) is 4.53 Å². The summed E-state index contributed by atoms with van der Waals surface area (Å²) in [5, 5.41) is 0. The van der Waals surface area contributed by atoms with Gasteiger partial charge >= 0.3 is 47.7 Å². The van der Waals surface area contributed by atoms with Crippen molar-refractivity contribution < 1.29 is 42.7 Å². The monoisotopic (exact) mass is 234 g/mol. The Balaban J connectivity index is -0.000000126. The van der Waals surface area contributed by atoms with Crippen LogP contribution < -0.4 is 0 Å². The molecule has 0 fully saturated rings. The van der Waals surface area contributed by atoms with Gasteiger partial charge in [-0.2, -0.15) is 4.63 Å². The Kier molecular flexibility index (Phi) is 11.6. The first-order chi connectivity index (χ1) is 4.56. The van der Waals surface area contributed by atoms with Crippen LogP contribution >= 0.6 is 0 Å². The molecular weight excluding hydrogens is 226 g/mol. The molecule has 0 heterocycles. The summed E-state index contributed by atoms with van der Waals surface area (Å²) in [5.74, 6) is 0. The van der Waals surface area contributed by atoms with Crippen molar-refractivity contribution in [1.29, 1.82) is 0 Å². The van der Waals surface area contributed by atoms with E-state index in [1.165, 1.54) is 0 Å². The Morgan fingerprint density at radius 3 is 0.917 bits per heavy atom. The third kappa shape index (κ3) is 68.1. The Morgan fingerprint density at radius 2 is 0.917 bits per heavy atom. The van der Waals surface area contributed by atoms with Crippen LogP contribution in [-0.2, 0) is 4.63 Å². The van der Waals surface area contributed by atoms with Gasteiger partial charge in [0.05, 0.1) is 0 Å². The molecular formula is H8FNaO8Si2. The van der Waals surface area contributed by atoms with E-state index in [2.05, 4.69) is 4.63 Å². The van der Waals surface area contributed by atoms with Crippen LogP contribution in [0.5, 0.6) is 0 Å². The zero-order valence-electron chi connectivity index (χ0n) is 4.92. The summed E-state index contributed by atoms with van der Waals surface area (Å²) in [7, 11) is -9.41. The second-order valence-corrected chi connectivity index (χ2v) is 3.75. The van der Waals surface area contributed by atoms with Crippen LogP contribution in [0.3, 0.4) is 0 Å². The molecule has 0 unspecified atom stereocenters. The van der Waals surface area contributed by atoms with Gasteiger partial charge in [-0.3, -0.25) is 0 Å². The minimum absolute atomic E-state index is 0. The van der Waals surface area contributed by atoms with Crippen molar-refractivity contribution in [3.05, 3.63) is 0 Å². The van der Waals surface area contributed by atoms with Crippen LogP contribution in [0.25, 0.3) is 0 Å². The third-order valence-corrected chi connectivity index (χ3v) is 0.311. The molecule has 0 amide bonds. The topological polar surface area (TPSA) is 151 Å². The van der Waals surface area contributed by atoms with E-state index in [0.29, 0.717) is 0 Å². The SMILES string of the molecule is O[Si](O)(O)O.O[Si](O)(O)OF.[NaH]. The molecule has 0 bridgehead atoms. The van der Waals surface area contributed by atoms with E-state index in [1.807, 2.05) is 0 Å². The molecule has 0 rings (SSSR count). The average Bonchev–Trinajstić information content (AvgIpc) is 1.59. The Labute approximate surface area is 90.3 Å². The van der Waals surface area contributed by atoms with Gasteiger partial charge in [0, 0.05) is 0 Å². The normalized spacial score (nSPS) is 11.0. The summed E-state index contributed by atoms with van der Waals surface area (Å²) in [4.78, 5) is 51.7. The molecule has 8 nitrogen and oxygen atoms in total. The first-order valence-corrected chi connectivity index (χ1v) is 5.46. The summed E-state index contributed by atoms with van der Waals surface area (Å²) in [6.45, 7) is 0. The molecule has 0 aliphatic carbocycles. The van der Waals surface area contributed by atoms with Crippen LogP contribution in [0.2, 0.25) is 0 Å². The zero-order chi connectivity index (χ0) is 9.71. The van der Waals surface area contributed by atoms with Gasteiger partial charge in [0.15, 0.2) is 0 Å². The maximum absolute atomic E-state index is 10.3. The summed E-state index contributed by atoms with van der Waals surface area (Å²) >= 11 is 0. The van der Waals surface area contributed by atoms with Crippen LogP contribution in [0.1, 0.15) is 0 Å². The summed E-state index contributed by atoms with van der Waals surface area (Å²) in [6.07, 6.45) is 0. The van der Waals surface area contributed by atoms with Gasteiger partial charge in [0.2, 0.25) is 0 Å². The van der Waals surface area contributed by atoms with E-state index in [-0.39, 0.29) is 29.6 Å². The molecule has 0 spiro atoms. The zero-order valence-corrected chi connectivity index (χ0v) is 6.92. The Hall–Kier alpha value is 1.04. The average molecular weight is 234 g/mol. The molecule has 72 valence electrons. The molecule has 0 aliphatic rings. The van der Waals surface area contributed by atoms with Crippen molar-refractivity contribution in [3.63, 3.8) is 0 Å². The van der Waals surface area contributed by atoms with Crippen LogP contribution in [0.4, 0.5) is 4.53 Å². The fraction of sp³-hybridized carbons (Fsp3) is 0. The fourth-order valence-electron chi connectivity index (χ4n) is 0.